The lowest BCUT2D eigenvalue weighted by molar-refractivity contribution is 0.0977. The average molecular weight is 415 g/mol. The molecular weight excluding hydrogens is 394 g/mol. The molecule has 0 saturated carbocycles. The summed E-state index contributed by atoms with van der Waals surface area (Å²) in [6.07, 6.45) is 3.70. The van der Waals surface area contributed by atoms with Gasteiger partial charge in [0.25, 0.3) is 5.89 Å². The number of nitrogens with zero attached hydrogens (tertiary/aromatic N) is 5. The summed E-state index contributed by atoms with van der Waals surface area (Å²) in [4.78, 5) is 17.0. The van der Waals surface area contributed by atoms with Crippen LogP contribution in [0.1, 0.15) is 51.2 Å². The largest absolute Gasteiger partial charge is 0.361 e. The van der Waals surface area contributed by atoms with E-state index in [1.807, 2.05) is 33.0 Å². The Morgan fingerprint density at radius 2 is 2.00 bits per heavy atom. The zero-order valence-corrected chi connectivity index (χ0v) is 17.5. The number of Topliss-reactive ketones (excluding diaryl/α,β-unsaturated/α-hetero) is 1. The fraction of sp³-hybridized carbons (Fsp3) is 0.261. The first-order chi connectivity index (χ1) is 15.0. The molecule has 1 aliphatic rings. The Kier molecular flexibility index (Phi) is 4.62. The molecule has 0 atom stereocenters. The van der Waals surface area contributed by atoms with E-state index in [0.717, 1.165) is 40.3 Å². The van der Waals surface area contributed by atoms with E-state index >= 15 is 0 Å². The van der Waals surface area contributed by atoms with E-state index in [1.54, 1.807) is 4.68 Å². The number of rotatable bonds is 6. The fourth-order valence-corrected chi connectivity index (χ4v) is 3.84. The maximum atomic E-state index is 12.6. The van der Waals surface area contributed by atoms with Crippen molar-refractivity contribution in [2.75, 3.05) is 0 Å². The van der Waals surface area contributed by atoms with Crippen molar-refractivity contribution in [1.29, 1.82) is 0 Å². The van der Waals surface area contributed by atoms with Crippen molar-refractivity contribution in [2.24, 2.45) is 7.05 Å². The van der Waals surface area contributed by atoms with Crippen LogP contribution in [0.4, 0.5) is 0 Å². The van der Waals surface area contributed by atoms with Crippen LogP contribution in [0, 0.1) is 13.8 Å². The number of hydrogen-bond donors (Lipinski definition) is 0. The lowest BCUT2D eigenvalue weighted by Gasteiger charge is -2.04. The van der Waals surface area contributed by atoms with Gasteiger partial charge in [-0.1, -0.05) is 22.4 Å². The molecule has 0 aliphatic heterocycles. The number of carbonyl (C=O) groups excluding carboxylic acids is 1. The second-order valence-electron chi connectivity index (χ2n) is 7.80. The van der Waals surface area contributed by atoms with Crippen LogP contribution in [0.5, 0.6) is 0 Å². The monoisotopic (exact) mass is 415 g/mol. The van der Waals surface area contributed by atoms with Gasteiger partial charge in [-0.15, -0.1) is 0 Å². The van der Waals surface area contributed by atoms with Gasteiger partial charge in [-0.05, 0) is 43.2 Å². The Balaban J connectivity index is 1.36. The molecule has 1 aliphatic carbocycles. The quantitative estimate of drug-likeness (QED) is 0.439. The smallest absolute Gasteiger partial charge is 0.254 e. The van der Waals surface area contributed by atoms with Crippen LogP contribution in [0.2, 0.25) is 0 Å². The molecule has 0 radical (unpaired) electrons. The van der Waals surface area contributed by atoms with E-state index in [4.69, 9.17) is 9.05 Å². The van der Waals surface area contributed by atoms with Gasteiger partial charge >= 0.3 is 0 Å². The minimum atomic E-state index is -0.0161. The molecular formula is C23H21N5O3. The van der Waals surface area contributed by atoms with E-state index in [0.29, 0.717) is 30.3 Å². The number of carbonyl (C=O) groups is 1. The molecule has 0 fully saturated rings. The molecule has 3 heterocycles. The summed E-state index contributed by atoms with van der Waals surface area (Å²) in [7, 11) is 1.85. The summed E-state index contributed by atoms with van der Waals surface area (Å²) in [6.45, 7) is 3.64. The van der Waals surface area contributed by atoms with Gasteiger partial charge in [0.05, 0.1) is 11.4 Å². The van der Waals surface area contributed by atoms with Gasteiger partial charge < -0.3 is 9.05 Å². The normalized spacial score (nSPS) is 12.8. The number of ketones is 1. The van der Waals surface area contributed by atoms with Crippen molar-refractivity contribution in [1.82, 2.24) is 25.1 Å². The van der Waals surface area contributed by atoms with Crippen molar-refractivity contribution >= 4 is 17.4 Å². The lowest BCUT2D eigenvalue weighted by Crippen LogP contribution is -2.03. The van der Waals surface area contributed by atoms with Gasteiger partial charge in [-0.25, -0.2) is 0 Å². The predicted octanol–water partition coefficient (Wildman–Crippen LogP) is 3.99. The molecule has 4 aromatic rings. The third-order valence-electron chi connectivity index (χ3n) is 5.41. The van der Waals surface area contributed by atoms with Crippen LogP contribution in [0.15, 0.2) is 39.4 Å². The minimum Gasteiger partial charge on any atom is -0.361 e. The van der Waals surface area contributed by atoms with Crippen LogP contribution < -0.4 is 0 Å². The predicted molar refractivity (Wildman–Crippen MR) is 113 cm³/mol. The highest BCUT2D eigenvalue weighted by molar-refractivity contribution is 5.95. The van der Waals surface area contributed by atoms with Crippen molar-refractivity contribution < 1.29 is 13.8 Å². The molecule has 8 nitrogen and oxygen atoms in total. The standard InChI is InChI=1S/C23H21N5O3/c1-13-8-19(27-30-13)6-7-22(29)20-12-21(28(3)25-20)16-5-4-15-9-18(11-17(15)10-16)23-24-14(2)26-31-23/h4-5,8,10-12H,6-7,9H2,1-3H3. The summed E-state index contributed by atoms with van der Waals surface area (Å²) < 4.78 is 12.1. The number of aryl methyl sites for hydroxylation is 4. The van der Waals surface area contributed by atoms with Crippen LogP contribution in [0.25, 0.3) is 22.9 Å². The van der Waals surface area contributed by atoms with Gasteiger partial charge in [0.1, 0.15) is 11.5 Å². The van der Waals surface area contributed by atoms with E-state index in [9.17, 15) is 4.79 Å². The second-order valence-corrected chi connectivity index (χ2v) is 7.80. The molecule has 0 N–H and O–H groups in total. The molecule has 1 aromatic carbocycles. The summed E-state index contributed by atoms with van der Waals surface area (Å²) in [5.41, 5.74) is 6.44. The number of allylic oxidation sites excluding steroid dienone is 1. The lowest BCUT2D eigenvalue weighted by atomic mass is 10.0. The summed E-state index contributed by atoms with van der Waals surface area (Å²) in [5.74, 6) is 1.91. The summed E-state index contributed by atoms with van der Waals surface area (Å²) in [6, 6.07) is 9.95. The van der Waals surface area contributed by atoms with Gasteiger partial charge in [0.2, 0.25) is 0 Å². The van der Waals surface area contributed by atoms with Crippen molar-refractivity contribution in [2.45, 2.75) is 33.1 Å². The van der Waals surface area contributed by atoms with Crippen LogP contribution >= 0.6 is 0 Å². The van der Waals surface area contributed by atoms with Crippen molar-refractivity contribution in [3.05, 3.63) is 70.3 Å². The highest BCUT2D eigenvalue weighted by Crippen LogP contribution is 2.33. The number of fused-ring (bicyclic) bond motifs is 1. The zero-order valence-electron chi connectivity index (χ0n) is 17.5. The summed E-state index contributed by atoms with van der Waals surface area (Å²) >= 11 is 0. The Morgan fingerprint density at radius 3 is 2.74 bits per heavy atom. The number of hydrogen-bond acceptors (Lipinski definition) is 7. The molecule has 0 saturated heterocycles. The highest BCUT2D eigenvalue weighted by atomic mass is 16.5. The Labute approximate surface area is 178 Å². The van der Waals surface area contributed by atoms with Crippen LogP contribution in [-0.4, -0.2) is 30.9 Å². The van der Waals surface area contributed by atoms with Crippen molar-refractivity contribution in [3.63, 3.8) is 0 Å². The Morgan fingerprint density at radius 1 is 1.13 bits per heavy atom. The first-order valence-electron chi connectivity index (χ1n) is 10.1. The molecule has 5 rings (SSSR count). The fourth-order valence-electron chi connectivity index (χ4n) is 3.84. The molecule has 0 unspecified atom stereocenters. The number of aromatic nitrogens is 5. The van der Waals surface area contributed by atoms with E-state index < -0.39 is 0 Å². The first kappa shape index (κ1) is 19.2. The Hall–Kier alpha value is -3.81. The third-order valence-corrected chi connectivity index (χ3v) is 5.41. The second kappa shape index (κ2) is 7.46. The summed E-state index contributed by atoms with van der Waals surface area (Å²) in [5, 5.41) is 12.3. The van der Waals surface area contributed by atoms with Crippen LogP contribution in [-0.2, 0) is 19.9 Å². The zero-order chi connectivity index (χ0) is 21.5. The Bertz CT molecular complexity index is 1320. The van der Waals surface area contributed by atoms with E-state index in [-0.39, 0.29) is 5.78 Å². The molecule has 0 amide bonds. The van der Waals surface area contributed by atoms with E-state index in [1.165, 1.54) is 5.56 Å². The maximum absolute atomic E-state index is 12.6. The average Bonchev–Trinajstić information content (AvgIpc) is 3.52. The van der Waals surface area contributed by atoms with Gasteiger partial charge in [0, 0.05) is 43.5 Å². The van der Waals surface area contributed by atoms with Crippen LogP contribution in [0.3, 0.4) is 0 Å². The maximum Gasteiger partial charge on any atom is 0.254 e. The first-order valence-corrected chi connectivity index (χ1v) is 10.1. The SMILES string of the molecule is Cc1noc(C2=Cc3cc(-c4cc(C(=O)CCc5cc(C)on5)nn4C)ccc3C2)n1. The molecule has 8 heteroatoms. The molecule has 0 spiro atoms. The molecule has 156 valence electrons. The van der Waals surface area contributed by atoms with Gasteiger partial charge in [-0.2, -0.15) is 10.1 Å². The third kappa shape index (κ3) is 3.72. The van der Waals surface area contributed by atoms with E-state index in [2.05, 4.69) is 44.7 Å². The van der Waals surface area contributed by atoms with Gasteiger partial charge in [-0.3, -0.25) is 9.48 Å². The highest BCUT2D eigenvalue weighted by Gasteiger charge is 2.20. The molecule has 31 heavy (non-hydrogen) atoms. The minimum absolute atomic E-state index is 0.0161. The van der Waals surface area contributed by atoms with Gasteiger partial charge in [0.15, 0.2) is 11.6 Å². The van der Waals surface area contributed by atoms with Crippen molar-refractivity contribution in [3.8, 4) is 11.3 Å². The molecule has 0 bridgehead atoms. The topological polar surface area (TPSA) is 99.8 Å². The molecule has 3 aromatic heterocycles. The number of benzene rings is 1.